The van der Waals surface area contributed by atoms with Crippen LogP contribution in [0, 0.1) is 11.6 Å². The number of aromatic nitrogens is 2. The molecule has 12 heteroatoms. The molecule has 1 aliphatic rings. The van der Waals surface area contributed by atoms with Crippen LogP contribution in [0.1, 0.15) is 12.8 Å². The largest absolute Gasteiger partial charge is 0.489 e. The van der Waals surface area contributed by atoms with Gasteiger partial charge in [-0.15, -0.1) is 0 Å². The van der Waals surface area contributed by atoms with Gasteiger partial charge in [0.2, 0.25) is 0 Å². The van der Waals surface area contributed by atoms with Crippen molar-refractivity contribution < 1.29 is 27.8 Å². The van der Waals surface area contributed by atoms with E-state index in [9.17, 15) is 18.4 Å². The maximum Gasteiger partial charge on any atom is 0.257 e. The van der Waals surface area contributed by atoms with Gasteiger partial charge in [0.1, 0.15) is 35.3 Å². The highest BCUT2D eigenvalue weighted by Crippen LogP contribution is 2.37. The first-order valence-electron chi connectivity index (χ1n) is 11.4. The number of fused-ring (bicyclic) bond motifs is 1. The van der Waals surface area contributed by atoms with Crippen LogP contribution in [0.3, 0.4) is 0 Å². The lowest BCUT2D eigenvalue weighted by Crippen LogP contribution is -2.46. The second-order valence-corrected chi connectivity index (χ2v) is 8.49. The van der Waals surface area contributed by atoms with Crippen LogP contribution in [0.2, 0.25) is 5.02 Å². The van der Waals surface area contributed by atoms with Gasteiger partial charge in [-0.3, -0.25) is 9.59 Å². The topological polar surface area (TPSA) is 106 Å². The molecule has 9 nitrogen and oxygen atoms in total. The number of methoxy groups -OCH3 is 1. The first kappa shape index (κ1) is 26.4. The quantitative estimate of drug-likeness (QED) is 0.241. The van der Waals surface area contributed by atoms with Crippen molar-refractivity contribution in [3.8, 4) is 5.75 Å². The fraction of sp³-hybridized carbons (Fsp3) is 0.280. The minimum absolute atomic E-state index is 0.126. The van der Waals surface area contributed by atoms with Gasteiger partial charge in [0.25, 0.3) is 11.8 Å². The summed E-state index contributed by atoms with van der Waals surface area (Å²) in [5.74, 6) is -2.70. The molecule has 0 radical (unpaired) electrons. The number of nitrogens with one attached hydrogen (secondary N) is 2. The van der Waals surface area contributed by atoms with Gasteiger partial charge in [-0.2, -0.15) is 0 Å². The monoisotopic (exact) mass is 531 g/mol. The van der Waals surface area contributed by atoms with Gasteiger partial charge in [-0.1, -0.05) is 18.2 Å². The molecule has 37 heavy (non-hydrogen) atoms. The van der Waals surface area contributed by atoms with Crippen molar-refractivity contribution in [3.05, 3.63) is 59.9 Å². The summed E-state index contributed by atoms with van der Waals surface area (Å²) in [5.41, 5.74) is 0.376. The number of nitrogens with zero attached hydrogens (tertiary/aromatic N) is 3. The summed E-state index contributed by atoms with van der Waals surface area (Å²) in [5, 5.41) is 5.55. The van der Waals surface area contributed by atoms with Crippen LogP contribution in [0.5, 0.6) is 5.75 Å². The number of rotatable bonds is 9. The zero-order valence-corrected chi connectivity index (χ0v) is 20.6. The van der Waals surface area contributed by atoms with Gasteiger partial charge in [0.15, 0.2) is 5.82 Å². The second kappa shape index (κ2) is 11.6. The Kier molecular flexibility index (Phi) is 8.27. The Hall–Kier alpha value is -3.67. The summed E-state index contributed by atoms with van der Waals surface area (Å²) in [4.78, 5) is 35.8. The summed E-state index contributed by atoms with van der Waals surface area (Å²) in [6.45, 7) is 4.57. The average Bonchev–Trinajstić information content (AvgIpc) is 3.44. The number of hydrogen-bond donors (Lipinski definition) is 2. The lowest BCUT2D eigenvalue weighted by Gasteiger charge is -2.25. The average molecular weight is 532 g/mol. The smallest absolute Gasteiger partial charge is 0.257 e. The molecule has 2 aromatic carbocycles. The maximum absolute atomic E-state index is 14.6. The first-order valence-corrected chi connectivity index (χ1v) is 11.8. The van der Waals surface area contributed by atoms with E-state index in [0.717, 1.165) is 23.5 Å². The molecule has 2 amide bonds. The second-order valence-electron chi connectivity index (χ2n) is 8.11. The van der Waals surface area contributed by atoms with Crippen molar-refractivity contribution in [1.29, 1.82) is 0 Å². The molecule has 3 aromatic rings. The van der Waals surface area contributed by atoms with E-state index in [1.165, 1.54) is 25.6 Å². The third-order valence-electron chi connectivity index (χ3n) is 5.76. The van der Waals surface area contributed by atoms with Crippen LogP contribution in [0.15, 0.2) is 43.2 Å². The number of amides is 2. The van der Waals surface area contributed by atoms with Gasteiger partial charge in [0, 0.05) is 18.6 Å². The van der Waals surface area contributed by atoms with Gasteiger partial charge in [-0.25, -0.2) is 23.6 Å². The summed E-state index contributed by atoms with van der Waals surface area (Å²) in [6, 6.07) is 4.67. The van der Waals surface area contributed by atoms with Crippen LogP contribution in [-0.4, -0.2) is 54.7 Å². The van der Waals surface area contributed by atoms with Crippen molar-refractivity contribution >= 4 is 51.5 Å². The van der Waals surface area contributed by atoms with Crippen molar-refractivity contribution in [3.63, 3.8) is 0 Å². The van der Waals surface area contributed by atoms with Crippen molar-refractivity contribution in [2.45, 2.75) is 18.9 Å². The Bertz CT molecular complexity index is 1350. The lowest BCUT2D eigenvalue weighted by atomic mass is 10.1. The summed E-state index contributed by atoms with van der Waals surface area (Å²) >= 11 is 5.72. The highest BCUT2D eigenvalue weighted by atomic mass is 35.5. The van der Waals surface area contributed by atoms with Gasteiger partial charge in [-0.05, 0) is 43.7 Å². The number of benzene rings is 2. The lowest BCUT2D eigenvalue weighted by molar-refractivity contribution is -0.125. The van der Waals surface area contributed by atoms with E-state index < -0.39 is 34.5 Å². The fourth-order valence-electron chi connectivity index (χ4n) is 3.94. The van der Waals surface area contributed by atoms with Crippen LogP contribution < -0.4 is 20.3 Å². The third-order valence-corrected chi connectivity index (χ3v) is 6.11. The van der Waals surface area contributed by atoms with E-state index in [-0.39, 0.29) is 36.2 Å². The molecule has 0 bridgehead atoms. The number of anilines is 3. The molecule has 1 saturated heterocycles. The SMILES string of the molecule is C=CC(=O)N(C(=O)[C@@H]1CCCN1)c1cc2c(Nc3ccc(F)c(Cl)c3F)ncnc2cc1OCCOC. The van der Waals surface area contributed by atoms with Crippen LogP contribution in [0.4, 0.5) is 26.0 Å². The molecule has 0 saturated carbocycles. The predicted octanol–water partition coefficient (Wildman–Crippen LogP) is 4.13. The third kappa shape index (κ3) is 5.53. The zero-order chi connectivity index (χ0) is 26.5. The Morgan fingerprint density at radius 1 is 1.30 bits per heavy atom. The summed E-state index contributed by atoms with van der Waals surface area (Å²) in [7, 11) is 1.51. The molecule has 194 valence electrons. The maximum atomic E-state index is 14.6. The fourth-order valence-corrected chi connectivity index (χ4v) is 4.10. The first-order chi connectivity index (χ1) is 17.8. The number of hydrogen-bond acceptors (Lipinski definition) is 8. The minimum atomic E-state index is -1.00. The Morgan fingerprint density at radius 2 is 2.11 bits per heavy atom. The van der Waals surface area contributed by atoms with Gasteiger partial charge >= 0.3 is 0 Å². The van der Waals surface area contributed by atoms with Crippen molar-refractivity contribution in [2.75, 3.05) is 37.1 Å². The van der Waals surface area contributed by atoms with E-state index in [1.807, 2.05) is 0 Å². The van der Waals surface area contributed by atoms with Gasteiger partial charge in [0.05, 0.1) is 29.5 Å². The Balaban J connectivity index is 1.86. The Morgan fingerprint density at radius 3 is 2.81 bits per heavy atom. The minimum Gasteiger partial charge on any atom is -0.489 e. The standard InChI is InChI=1S/C25H24ClF2N5O4/c1-3-21(34)33(25(35)17-5-4-8-29-17)19-11-14-18(12-20(19)37-10-9-36-2)30-13-31-24(14)32-16-7-6-15(27)22(26)23(16)28/h3,6-7,11-13,17,29H,1,4-5,8-10H2,2H3,(H,30,31,32)/t17-/m0/s1. The zero-order valence-electron chi connectivity index (χ0n) is 19.9. The van der Waals surface area contributed by atoms with Crippen molar-refractivity contribution in [2.24, 2.45) is 0 Å². The molecule has 0 spiro atoms. The predicted molar refractivity (Wildman–Crippen MR) is 135 cm³/mol. The molecular formula is C25H24ClF2N5O4. The highest BCUT2D eigenvalue weighted by molar-refractivity contribution is 6.31. The molecular weight excluding hydrogens is 508 g/mol. The van der Waals surface area contributed by atoms with Gasteiger partial charge < -0.3 is 20.1 Å². The molecule has 1 aliphatic heterocycles. The number of imide groups is 1. The molecule has 2 N–H and O–H groups in total. The highest BCUT2D eigenvalue weighted by Gasteiger charge is 2.33. The molecule has 1 atom stereocenters. The van der Waals surface area contributed by atoms with E-state index in [2.05, 4.69) is 27.2 Å². The molecule has 1 fully saturated rings. The Labute approximate surface area is 216 Å². The van der Waals surface area contributed by atoms with Crippen molar-refractivity contribution in [1.82, 2.24) is 15.3 Å². The van der Waals surface area contributed by atoms with E-state index in [1.54, 1.807) is 6.07 Å². The summed E-state index contributed by atoms with van der Waals surface area (Å²) in [6.07, 6.45) is 3.63. The number of ether oxygens (including phenoxy) is 2. The molecule has 1 aromatic heterocycles. The normalized spacial score (nSPS) is 15.0. The van der Waals surface area contributed by atoms with E-state index in [4.69, 9.17) is 21.1 Å². The van der Waals surface area contributed by atoms with Crippen LogP contribution in [0.25, 0.3) is 10.9 Å². The molecule has 2 heterocycles. The van der Waals surface area contributed by atoms with Crippen LogP contribution >= 0.6 is 11.6 Å². The molecule has 0 aliphatic carbocycles. The number of carbonyl (C=O) groups is 2. The van der Waals surface area contributed by atoms with E-state index in [0.29, 0.717) is 23.9 Å². The molecule has 0 unspecified atom stereocenters. The van der Waals surface area contributed by atoms with E-state index >= 15 is 0 Å². The van der Waals surface area contributed by atoms with Crippen LogP contribution in [-0.2, 0) is 14.3 Å². The number of carbonyl (C=O) groups excluding carboxylic acids is 2. The molecule has 4 rings (SSSR count). The number of halogens is 3. The summed E-state index contributed by atoms with van der Waals surface area (Å²) < 4.78 is 39.2.